The number of urea groups is 1. The van der Waals surface area contributed by atoms with E-state index in [-0.39, 0.29) is 12.4 Å². The van der Waals surface area contributed by atoms with E-state index >= 15 is 0 Å². The Balaban J connectivity index is 1.47. The number of carbonyl (C=O) groups is 1. The molecule has 0 saturated carbocycles. The van der Waals surface area contributed by atoms with Gasteiger partial charge in [0, 0.05) is 30.9 Å². The standard InChI is InChI=1S/C21H22F3N5OS/c1-13-6-8-29(9-7-13)19-14(2-5-18(28-19)21(22,23)24)11-25-20(30)27-15-3-4-17-16(10-15)26-12-31-17/h2-5,10,12-13H,6-9,11H2,1H3,(H2,25,27,30). The first-order chi connectivity index (χ1) is 14.8. The molecule has 10 heteroatoms. The molecule has 164 valence electrons. The number of benzene rings is 1. The van der Waals surface area contributed by atoms with E-state index in [1.54, 1.807) is 17.6 Å². The molecule has 2 amide bonds. The number of hydrogen-bond donors (Lipinski definition) is 2. The number of fused-ring (bicyclic) bond motifs is 1. The minimum atomic E-state index is -4.52. The summed E-state index contributed by atoms with van der Waals surface area (Å²) in [6.07, 6.45) is -2.73. The van der Waals surface area contributed by atoms with Gasteiger partial charge >= 0.3 is 12.2 Å². The fourth-order valence-electron chi connectivity index (χ4n) is 3.55. The van der Waals surface area contributed by atoms with Crippen LogP contribution in [0.25, 0.3) is 10.2 Å². The Morgan fingerprint density at radius 2 is 2.00 bits per heavy atom. The maximum absolute atomic E-state index is 13.2. The number of thiazole rings is 1. The van der Waals surface area contributed by atoms with Gasteiger partial charge in [-0.1, -0.05) is 13.0 Å². The highest BCUT2D eigenvalue weighted by Gasteiger charge is 2.34. The van der Waals surface area contributed by atoms with Crippen LogP contribution in [0.4, 0.5) is 29.5 Å². The second-order valence-corrected chi connectivity index (χ2v) is 8.58. The number of nitrogens with one attached hydrogen (secondary N) is 2. The topological polar surface area (TPSA) is 70.2 Å². The zero-order valence-corrected chi connectivity index (χ0v) is 17.7. The lowest BCUT2D eigenvalue weighted by molar-refractivity contribution is -0.141. The molecule has 3 aromatic rings. The number of piperidine rings is 1. The second kappa shape index (κ2) is 8.70. The molecule has 1 fully saturated rings. The van der Waals surface area contributed by atoms with E-state index in [2.05, 4.69) is 27.5 Å². The third-order valence-electron chi connectivity index (χ3n) is 5.36. The van der Waals surface area contributed by atoms with Gasteiger partial charge < -0.3 is 15.5 Å². The van der Waals surface area contributed by atoms with Crippen molar-refractivity contribution in [3.63, 3.8) is 0 Å². The van der Waals surface area contributed by atoms with Gasteiger partial charge in [-0.15, -0.1) is 11.3 Å². The normalized spacial score (nSPS) is 15.3. The predicted molar refractivity (Wildman–Crippen MR) is 115 cm³/mol. The number of carbonyl (C=O) groups excluding carboxylic acids is 1. The van der Waals surface area contributed by atoms with Gasteiger partial charge in [0.25, 0.3) is 0 Å². The highest BCUT2D eigenvalue weighted by atomic mass is 32.1. The summed E-state index contributed by atoms with van der Waals surface area (Å²) in [6, 6.07) is 7.32. The number of halogens is 3. The van der Waals surface area contributed by atoms with E-state index in [4.69, 9.17) is 0 Å². The van der Waals surface area contributed by atoms with E-state index in [0.29, 0.717) is 30.3 Å². The van der Waals surface area contributed by atoms with E-state index in [1.165, 1.54) is 17.4 Å². The summed E-state index contributed by atoms with van der Waals surface area (Å²) in [6.45, 7) is 3.48. The number of aromatic nitrogens is 2. The van der Waals surface area contributed by atoms with Crippen molar-refractivity contribution in [3.05, 3.63) is 47.1 Å². The Bertz CT molecular complexity index is 1080. The molecular weight excluding hydrogens is 427 g/mol. The zero-order valence-electron chi connectivity index (χ0n) is 16.9. The molecule has 0 aliphatic carbocycles. The van der Waals surface area contributed by atoms with E-state index in [1.807, 2.05) is 11.0 Å². The van der Waals surface area contributed by atoms with Crippen LogP contribution >= 0.6 is 11.3 Å². The number of hydrogen-bond acceptors (Lipinski definition) is 5. The van der Waals surface area contributed by atoms with Crippen LogP contribution in [0, 0.1) is 5.92 Å². The van der Waals surface area contributed by atoms with Gasteiger partial charge in [0.1, 0.15) is 11.5 Å². The van der Waals surface area contributed by atoms with E-state index in [9.17, 15) is 18.0 Å². The molecule has 31 heavy (non-hydrogen) atoms. The van der Waals surface area contributed by atoms with Gasteiger partial charge in [0.15, 0.2) is 0 Å². The highest BCUT2D eigenvalue weighted by molar-refractivity contribution is 7.16. The number of alkyl halides is 3. The summed E-state index contributed by atoms with van der Waals surface area (Å²) in [5.74, 6) is 0.815. The average molecular weight is 450 g/mol. The van der Waals surface area contributed by atoms with Crippen molar-refractivity contribution in [1.29, 1.82) is 0 Å². The Labute approximate surface area is 181 Å². The predicted octanol–water partition coefficient (Wildman–Crippen LogP) is 5.27. The van der Waals surface area contributed by atoms with Crippen LogP contribution in [0.15, 0.2) is 35.8 Å². The lowest BCUT2D eigenvalue weighted by Crippen LogP contribution is -2.35. The van der Waals surface area contributed by atoms with Gasteiger partial charge in [-0.05, 0) is 43.0 Å². The largest absolute Gasteiger partial charge is 0.433 e. The van der Waals surface area contributed by atoms with Crippen LogP contribution in [0.3, 0.4) is 0 Å². The first-order valence-corrected chi connectivity index (χ1v) is 10.9. The molecular formula is C21H22F3N5OS. The summed E-state index contributed by atoms with van der Waals surface area (Å²) in [5, 5.41) is 5.46. The molecule has 1 aliphatic heterocycles. The summed E-state index contributed by atoms with van der Waals surface area (Å²) in [7, 11) is 0. The van der Waals surface area contributed by atoms with Gasteiger partial charge in [0.05, 0.1) is 15.7 Å². The molecule has 1 aliphatic rings. The van der Waals surface area contributed by atoms with Gasteiger partial charge in [-0.25, -0.2) is 14.8 Å². The Morgan fingerprint density at radius 1 is 1.23 bits per heavy atom. The van der Waals surface area contributed by atoms with Crippen molar-refractivity contribution in [2.45, 2.75) is 32.5 Å². The summed E-state index contributed by atoms with van der Waals surface area (Å²) < 4.78 is 40.6. The molecule has 1 aromatic carbocycles. The molecule has 2 N–H and O–H groups in total. The van der Waals surface area contributed by atoms with Crippen LogP contribution in [-0.4, -0.2) is 29.1 Å². The second-order valence-electron chi connectivity index (χ2n) is 7.69. The number of pyridine rings is 1. The van der Waals surface area contributed by atoms with Crippen molar-refractivity contribution < 1.29 is 18.0 Å². The minimum absolute atomic E-state index is 0.0668. The molecule has 3 heterocycles. The molecule has 0 spiro atoms. The zero-order chi connectivity index (χ0) is 22.0. The average Bonchev–Trinajstić information content (AvgIpc) is 3.20. The van der Waals surface area contributed by atoms with Gasteiger partial charge in [-0.3, -0.25) is 0 Å². The molecule has 6 nitrogen and oxygen atoms in total. The third-order valence-corrected chi connectivity index (χ3v) is 6.17. The molecule has 2 aromatic heterocycles. The number of rotatable bonds is 4. The molecule has 4 rings (SSSR count). The van der Waals surface area contributed by atoms with Crippen molar-refractivity contribution in [3.8, 4) is 0 Å². The lowest BCUT2D eigenvalue weighted by atomic mass is 9.99. The van der Waals surface area contributed by atoms with Crippen molar-refractivity contribution in [2.24, 2.45) is 5.92 Å². The SMILES string of the molecule is CC1CCN(c2nc(C(F)(F)F)ccc2CNC(=O)Nc2ccc3scnc3c2)CC1. The van der Waals surface area contributed by atoms with Crippen molar-refractivity contribution >= 4 is 39.1 Å². The summed E-state index contributed by atoms with van der Waals surface area (Å²) in [4.78, 5) is 22.4. The fraction of sp³-hybridized carbons (Fsp3) is 0.381. The van der Waals surface area contributed by atoms with E-state index in [0.717, 1.165) is 29.1 Å². The molecule has 0 radical (unpaired) electrons. The van der Waals surface area contributed by atoms with Crippen LogP contribution < -0.4 is 15.5 Å². The Kier molecular flexibility index (Phi) is 5.99. The first-order valence-electron chi connectivity index (χ1n) is 10.00. The maximum Gasteiger partial charge on any atom is 0.433 e. The molecule has 0 unspecified atom stereocenters. The maximum atomic E-state index is 13.2. The highest BCUT2D eigenvalue weighted by Crippen LogP contribution is 2.32. The van der Waals surface area contributed by atoms with Crippen LogP contribution in [0.1, 0.15) is 31.0 Å². The number of nitrogens with zero attached hydrogens (tertiary/aromatic N) is 3. The van der Waals surface area contributed by atoms with Gasteiger partial charge in [0.2, 0.25) is 0 Å². The lowest BCUT2D eigenvalue weighted by Gasteiger charge is -2.33. The number of anilines is 2. The molecule has 0 bridgehead atoms. The smallest absolute Gasteiger partial charge is 0.356 e. The monoisotopic (exact) mass is 449 g/mol. The van der Waals surface area contributed by atoms with Crippen LogP contribution in [0.2, 0.25) is 0 Å². The Morgan fingerprint density at radius 3 is 2.74 bits per heavy atom. The van der Waals surface area contributed by atoms with Crippen LogP contribution in [-0.2, 0) is 12.7 Å². The van der Waals surface area contributed by atoms with Gasteiger partial charge in [-0.2, -0.15) is 13.2 Å². The molecule has 1 saturated heterocycles. The fourth-order valence-corrected chi connectivity index (χ4v) is 4.21. The minimum Gasteiger partial charge on any atom is -0.356 e. The third kappa shape index (κ3) is 5.07. The van der Waals surface area contributed by atoms with Crippen molar-refractivity contribution in [2.75, 3.05) is 23.3 Å². The summed E-state index contributed by atoms with van der Waals surface area (Å²) >= 11 is 1.51. The molecule has 0 atom stereocenters. The summed E-state index contributed by atoms with van der Waals surface area (Å²) in [5.41, 5.74) is 2.73. The van der Waals surface area contributed by atoms with Crippen molar-refractivity contribution in [1.82, 2.24) is 15.3 Å². The van der Waals surface area contributed by atoms with Crippen LogP contribution in [0.5, 0.6) is 0 Å². The Hall–Kier alpha value is -2.88. The quantitative estimate of drug-likeness (QED) is 0.570. The van der Waals surface area contributed by atoms with E-state index < -0.39 is 17.9 Å². The number of amides is 2. The first kappa shape index (κ1) is 21.4.